The lowest BCUT2D eigenvalue weighted by atomic mass is 9.78. The zero-order valence-corrected chi connectivity index (χ0v) is 11.5. The van der Waals surface area contributed by atoms with Crippen molar-refractivity contribution in [2.45, 2.75) is 37.5 Å². The first-order valence-corrected chi connectivity index (χ1v) is 6.97. The van der Waals surface area contributed by atoms with Crippen LogP contribution in [0.4, 0.5) is 13.2 Å². The Labute approximate surface area is 116 Å². The van der Waals surface area contributed by atoms with Gasteiger partial charge < -0.3 is 15.3 Å². The molecule has 1 saturated carbocycles. The van der Waals surface area contributed by atoms with Crippen LogP contribution in [0, 0.1) is 11.8 Å². The van der Waals surface area contributed by atoms with Crippen LogP contribution in [-0.2, 0) is 4.79 Å². The van der Waals surface area contributed by atoms with E-state index in [0.717, 1.165) is 6.42 Å². The molecule has 1 amide bonds. The highest BCUT2D eigenvalue weighted by Gasteiger charge is 2.51. The Morgan fingerprint density at radius 2 is 2.05 bits per heavy atom. The topological polar surface area (TPSA) is 52.6 Å². The number of aliphatic hydroxyl groups is 1. The first-order valence-electron chi connectivity index (χ1n) is 6.97. The van der Waals surface area contributed by atoms with E-state index < -0.39 is 29.5 Å². The molecule has 1 heterocycles. The van der Waals surface area contributed by atoms with Crippen LogP contribution in [-0.4, -0.2) is 54.4 Å². The van der Waals surface area contributed by atoms with Gasteiger partial charge in [0.15, 0.2) is 0 Å². The molecule has 7 heteroatoms. The fourth-order valence-corrected chi connectivity index (χ4v) is 2.98. The fraction of sp³-hybridized carbons (Fsp3) is 0.923. The highest BCUT2D eigenvalue weighted by Crippen LogP contribution is 2.37. The summed E-state index contributed by atoms with van der Waals surface area (Å²) < 4.78 is 38.6. The van der Waals surface area contributed by atoms with Gasteiger partial charge in [-0.1, -0.05) is 0 Å². The van der Waals surface area contributed by atoms with Crippen LogP contribution in [0.25, 0.3) is 0 Å². The molecule has 0 radical (unpaired) electrons. The number of amides is 1. The molecule has 2 atom stereocenters. The Bertz CT molecular complexity index is 369. The second kappa shape index (κ2) is 5.52. The van der Waals surface area contributed by atoms with E-state index in [9.17, 15) is 23.1 Å². The van der Waals surface area contributed by atoms with Crippen molar-refractivity contribution in [3.63, 3.8) is 0 Å². The Morgan fingerprint density at radius 1 is 1.40 bits per heavy atom. The lowest BCUT2D eigenvalue weighted by Crippen LogP contribution is -2.44. The van der Waals surface area contributed by atoms with Crippen molar-refractivity contribution in [1.29, 1.82) is 0 Å². The van der Waals surface area contributed by atoms with Gasteiger partial charge >= 0.3 is 6.18 Å². The number of carbonyl (C=O) groups is 1. The molecule has 1 aliphatic carbocycles. The number of nitrogens with zero attached hydrogens (tertiary/aromatic N) is 1. The summed E-state index contributed by atoms with van der Waals surface area (Å²) in [6.07, 6.45) is -1.55. The minimum absolute atomic E-state index is 0.125. The van der Waals surface area contributed by atoms with E-state index in [0.29, 0.717) is 19.3 Å². The third kappa shape index (κ3) is 3.44. The molecule has 2 aliphatic rings. The number of hydrogen-bond acceptors (Lipinski definition) is 3. The quantitative estimate of drug-likeness (QED) is 0.818. The normalized spacial score (nSPS) is 30.1. The van der Waals surface area contributed by atoms with Crippen molar-refractivity contribution in [3.05, 3.63) is 0 Å². The molecule has 20 heavy (non-hydrogen) atoms. The van der Waals surface area contributed by atoms with Gasteiger partial charge in [0.25, 0.3) is 0 Å². The molecule has 0 spiro atoms. The number of hydrogen-bond donors (Lipinski definition) is 2. The molecule has 0 bridgehead atoms. The number of halogens is 3. The van der Waals surface area contributed by atoms with Crippen LogP contribution in [0.3, 0.4) is 0 Å². The summed E-state index contributed by atoms with van der Waals surface area (Å²) in [5, 5.41) is 12.4. The molecule has 2 rings (SSSR count). The first-order chi connectivity index (χ1) is 9.21. The Kier molecular flexibility index (Phi) is 4.30. The largest absolute Gasteiger partial charge is 0.393 e. The average Bonchev–Trinajstić information content (AvgIpc) is 2.69. The van der Waals surface area contributed by atoms with E-state index in [1.165, 1.54) is 4.90 Å². The number of alkyl halides is 3. The smallest absolute Gasteiger partial charge is 0.390 e. The molecule has 4 nitrogen and oxygen atoms in total. The Morgan fingerprint density at radius 3 is 2.55 bits per heavy atom. The minimum atomic E-state index is -4.35. The third-order valence-electron chi connectivity index (χ3n) is 4.43. The van der Waals surface area contributed by atoms with Crippen molar-refractivity contribution in [3.8, 4) is 0 Å². The number of nitrogens with one attached hydrogen (secondary N) is 1. The SMILES string of the molecule is CN1C[C@@H](C(F)(F)F)[C@H](C(=O)NCCC2(O)CCC2)C1. The highest BCUT2D eigenvalue weighted by molar-refractivity contribution is 5.79. The van der Waals surface area contributed by atoms with Crippen molar-refractivity contribution in [1.82, 2.24) is 10.2 Å². The van der Waals surface area contributed by atoms with E-state index in [1.807, 2.05) is 0 Å². The molecule has 0 unspecified atom stereocenters. The summed E-state index contributed by atoms with van der Waals surface area (Å²) in [5.74, 6) is -3.20. The lowest BCUT2D eigenvalue weighted by molar-refractivity contribution is -0.183. The summed E-state index contributed by atoms with van der Waals surface area (Å²) in [6.45, 7) is 0.228. The predicted octanol–water partition coefficient (Wildman–Crippen LogP) is 1.15. The summed E-state index contributed by atoms with van der Waals surface area (Å²) in [6, 6.07) is 0. The van der Waals surface area contributed by atoms with Gasteiger partial charge in [-0.05, 0) is 32.7 Å². The van der Waals surface area contributed by atoms with Crippen LogP contribution >= 0.6 is 0 Å². The molecule has 116 valence electrons. The van der Waals surface area contributed by atoms with Gasteiger partial charge in [0, 0.05) is 19.6 Å². The van der Waals surface area contributed by atoms with E-state index in [-0.39, 0.29) is 19.6 Å². The summed E-state index contributed by atoms with van der Waals surface area (Å²) >= 11 is 0. The predicted molar refractivity (Wildman–Crippen MR) is 67.0 cm³/mol. The van der Waals surface area contributed by atoms with Crippen molar-refractivity contribution in [2.24, 2.45) is 11.8 Å². The maximum Gasteiger partial charge on any atom is 0.393 e. The highest BCUT2D eigenvalue weighted by atomic mass is 19.4. The zero-order valence-electron chi connectivity index (χ0n) is 11.5. The second-order valence-corrected chi connectivity index (χ2v) is 6.09. The molecule has 0 aromatic rings. The van der Waals surface area contributed by atoms with Crippen LogP contribution in [0.1, 0.15) is 25.7 Å². The van der Waals surface area contributed by atoms with E-state index >= 15 is 0 Å². The lowest BCUT2D eigenvalue weighted by Gasteiger charge is -2.36. The van der Waals surface area contributed by atoms with Gasteiger partial charge in [0.1, 0.15) is 0 Å². The number of carbonyl (C=O) groups excluding carboxylic acids is 1. The molecule has 2 fully saturated rings. The molecule has 0 aromatic carbocycles. The standard InChI is InChI=1S/C13H21F3N2O2/c1-18-7-9(10(8-18)13(14,15)16)11(19)17-6-5-12(20)3-2-4-12/h9-10,20H,2-8H2,1H3,(H,17,19)/t9-,10-/m1/s1. The first kappa shape index (κ1) is 15.6. The second-order valence-electron chi connectivity index (χ2n) is 6.09. The molecule has 2 N–H and O–H groups in total. The van der Waals surface area contributed by atoms with Crippen molar-refractivity contribution >= 4 is 5.91 Å². The summed E-state index contributed by atoms with van der Waals surface area (Å²) in [7, 11) is 1.59. The molecular weight excluding hydrogens is 273 g/mol. The summed E-state index contributed by atoms with van der Waals surface area (Å²) in [4.78, 5) is 13.5. The van der Waals surface area contributed by atoms with Gasteiger partial charge in [-0.3, -0.25) is 4.79 Å². The van der Waals surface area contributed by atoms with E-state index in [4.69, 9.17) is 0 Å². The van der Waals surface area contributed by atoms with Crippen LogP contribution < -0.4 is 5.32 Å². The molecular formula is C13H21F3N2O2. The Balaban J connectivity index is 1.84. The fourth-order valence-electron chi connectivity index (χ4n) is 2.98. The van der Waals surface area contributed by atoms with Gasteiger partial charge in [-0.25, -0.2) is 0 Å². The van der Waals surface area contributed by atoms with Gasteiger partial charge in [0.2, 0.25) is 5.91 Å². The van der Waals surface area contributed by atoms with Crippen molar-refractivity contribution < 1.29 is 23.1 Å². The van der Waals surface area contributed by atoms with Crippen LogP contribution in [0.15, 0.2) is 0 Å². The van der Waals surface area contributed by atoms with Gasteiger partial charge in [0.05, 0.1) is 17.4 Å². The van der Waals surface area contributed by atoms with Crippen molar-refractivity contribution in [2.75, 3.05) is 26.7 Å². The average molecular weight is 294 g/mol. The van der Waals surface area contributed by atoms with E-state index in [2.05, 4.69) is 5.32 Å². The van der Waals surface area contributed by atoms with Gasteiger partial charge in [-0.15, -0.1) is 0 Å². The molecule has 1 aliphatic heterocycles. The number of likely N-dealkylation sites (tertiary alicyclic amines) is 1. The third-order valence-corrected chi connectivity index (χ3v) is 4.43. The Hall–Kier alpha value is -0.820. The van der Waals surface area contributed by atoms with Gasteiger partial charge in [-0.2, -0.15) is 13.2 Å². The maximum absolute atomic E-state index is 12.9. The van der Waals surface area contributed by atoms with E-state index in [1.54, 1.807) is 7.05 Å². The molecule has 0 aromatic heterocycles. The molecule has 1 saturated heterocycles. The monoisotopic (exact) mass is 294 g/mol. The van der Waals surface area contributed by atoms with Crippen LogP contribution in [0.2, 0.25) is 0 Å². The summed E-state index contributed by atoms with van der Waals surface area (Å²) in [5.41, 5.74) is -0.719. The minimum Gasteiger partial charge on any atom is -0.390 e. The van der Waals surface area contributed by atoms with Crippen LogP contribution in [0.5, 0.6) is 0 Å². The zero-order chi connectivity index (χ0) is 15.0. The number of rotatable bonds is 4. The maximum atomic E-state index is 12.9.